The van der Waals surface area contributed by atoms with Gasteiger partial charge in [-0.05, 0) is 18.2 Å². The van der Waals surface area contributed by atoms with E-state index in [1.54, 1.807) is 44.5 Å². The molecule has 0 unspecified atom stereocenters. The first-order valence-electron chi connectivity index (χ1n) is 7.41. The average Bonchev–Trinajstić information content (AvgIpc) is 2.57. The Labute approximate surface area is 146 Å². The zero-order valence-electron chi connectivity index (χ0n) is 13.6. The van der Waals surface area contributed by atoms with Crippen LogP contribution in [0.3, 0.4) is 0 Å². The van der Waals surface area contributed by atoms with Gasteiger partial charge >= 0.3 is 0 Å². The maximum absolute atomic E-state index is 12.3. The predicted molar refractivity (Wildman–Crippen MR) is 94.4 cm³/mol. The number of amides is 2. The first kappa shape index (κ1) is 17.8. The van der Waals surface area contributed by atoms with Crippen LogP contribution in [-0.4, -0.2) is 37.4 Å². The number of anilines is 1. The third-order valence-corrected chi connectivity index (χ3v) is 3.82. The lowest BCUT2D eigenvalue weighted by Crippen LogP contribution is -2.35. The van der Waals surface area contributed by atoms with E-state index in [0.717, 1.165) is 5.56 Å². The minimum atomic E-state index is -0.307. The number of para-hydroxylation sites is 2. The smallest absolute Gasteiger partial charge is 0.244 e. The van der Waals surface area contributed by atoms with Gasteiger partial charge < -0.3 is 15.0 Å². The Morgan fingerprint density at radius 2 is 1.79 bits per heavy atom. The molecule has 0 aromatic heterocycles. The van der Waals surface area contributed by atoms with Gasteiger partial charge in [0.05, 0.1) is 30.8 Å². The first-order valence-corrected chi connectivity index (χ1v) is 7.79. The highest BCUT2D eigenvalue weighted by Crippen LogP contribution is 2.20. The van der Waals surface area contributed by atoms with Crippen LogP contribution < -0.4 is 10.1 Å². The predicted octanol–water partition coefficient (Wildman–Crippen LogP) is 2.99. The van der Waals surface area contributed by atoms with E-state index < -0.39 is 0 Å². The van der Waals surface area contributed by atoms with E-state index in [2.05, 4.69) is 5.32 Å². The minimum absolute atomic E-state index is 0.0563. The van der Waals surface area contributed by atoms with Gasteiger partial charge in [-0.2, -0.15) is 0 Å². The van der Waals surface area contributed by atoms with Crippen LogP contribution in [0.25, 0.3) is 0 Å². The van der Waals surface area contributed by atoms with Crippen LogP contribution in [-0.2, 0) is 16.0 Å². The normalized spacial score (nSPS) is 10.1. The third-order valence-electron chi connectivity index (χ3n) is 3.49. The van der Waals surface area contributed by atoms with Crippen LogP contribution in [0.2, 0.25) is 5.02 Å². The summed E-state index contributed by atoms with van der Waals surface area (Å²) in [6.45, 7) is -0.0563. The molecule has 0 radical (unpaired) electrons. The molecule has 2 aromatic carbocycles. The summed E-state index contributed by atoms with van der Waals surface area (Å²) in [6.07, 6.45) is 0.167. The summed E-state index contributed by atoms with van der Waals surface area (Å²) < 4.78 is 5.23. The van der Waals surface area contributed by atoms with Crippen molar-refractivity contribution < 1.29 is 14.3 Å². The number of hydrogen-bond donors (Lipinski definition) is 1. The molecular formula is C18H19ClN2O3. The Morgan fingerprint density at radius 1 is 1.12 bits per heavy atom. The molecule has 0 spiro atoms. The number of nitrogens with one attached hydrogen (secondary N) is 1. The maximum atomic E-state index is 12.3. The van der Waals surface area contributed by atoms with Crippen LogP contribution in [0.4, 0.5) is 5.69 Å². The lowest BCUT2D eigenvalue weighted by molar-refractivity contribution is -0.132. The number of rotatable bonds is 6. The SMILES string of the molecule is COc1ccccc1CC(=O)N(C)CC(=O)Nc1ccccc1Cl. The fraction of sp³-hybridized carbons (Fsp3) is 0.222. The van der Waals surface area contributed by atoms with E-state index >= 15 is 0 Å². The van der Waals surface area contributed by atoms with Crippen molar-refractivity contribution in [2.45, 2.75) is 6.42 Å². The summed E-state index contributed by atoms with van der Waals surface area (Å²) in [5.74, 6) is 0.174. The fourth-order valence-electron chi connectivity index (χ4n) is 2.20. The first-order chi connectivity index (χ1) is 11.5. The average molecular weight is 347 g/mol. The molecule has 1 N–H and O–H groups in total. The molecule has 126 valence electrons. The van der Waals surface area contributed by atoms with Crippen LogP contribution >= 0.6 is 11.6 Å². The number of methoxy groups -OCH3 is 1. The molecule has 0 aliphatic heterocycles. The highest BCUT2D eigenvalue weighted by atomic mass is 35.5. The molecule has 2 amide bonds. The molecule has 24 heavy (non-hydrogen) atoms. The molecule has 0 aliphatic rings. The van der Waals surface area contributed by atoms with Gasteiger partial charge in [-0.1, -0.05) is 41.9 Å². The van der Waals surface area contributed by atoms with Crippen molar-refractivity contribution in [1.29, 1.82) is 0 Å². The van der Waals surface area contributed by atoms with Crippen molar-refractivity contribution in [2.24, 2.45) is 0 Å². The quantitative estimate of drug-likeness (QED) is 0.874. The molecule has 0 aliphatic carbocycles. The highest BCUT2D eigenvalue weighted by molar-refractivity contribution is 6.33. The number of ether oxygens (including phenoxy) is 1. The van der Waals surface area contributed by atoms with Gasteiger partial charge in [0.25, 0.3) is 0 Å². The summed E-state index contributed by atoms with van der Waals surface area (Å²) >= 11 is 6.00. The lowest BCUT2D eigenvalue weighted by atomic mass is 10.1. The van der Waals surface area contributed by atoms with Crippen LogP contribution in [0, 0.1) is 0 Å². The molecule has 0 atom stereocenters. The van der Waals surface area contributed by atoms with Crippen molar-refractivity contribution in [3.63, 3.8) is 0 Å². The van der Waals surface area contributed by atoms with Crippen LogP contribution in [0.5, 0.6) is 5.75 Å². The zero-order chi connectivity index (χ0) is 17.5. The van der Waals surface area contributed by atoms with Gasteiger partial charge in [0.15, 0.2) is 0 Å². The van der Waals surface area contributed by atoms with Gasteiger partial charge in [0.1, 0.15) is 5.75 Å². The summed E-state index contributed by atoms with van der Waals surface area (Å²) in [5.41, 5.74) is 1.30. The van der Waals surface area contributed by atoms with E-state index in [9.17, 15) is 9.59 Å². The van der Waals surface area contributed by atoms with E-state index in [4.69, 9.17) is 16.3 Å². The molecule has 6 heteroatoms. The standard InChI is InChI=1S/C18H19ClN2O3/c1-21(12-17(22)20-15-9-5-4-8-14(15)19)18(23)11-13-7-3-6-10-16(13)24-2/h3-10H,11-12H2,1-2H3,(H,20,22). The number of hydrogen-bond acceptors (Lipinski definition) is 3. The summed E-state index contributed by atoms with van der Waals surface area (Å²) in [7, 11) is 3.15. The Morgan fingerprint density at radius 3 is 2.50 bits per heavy atom. The Bertz CT molecular complexity index is 734. The second-order valence-electron chi connectivity index (χ2n) is 5.27. The Balaban J connectivity index is 1.94. The molecule has 0 saturated carbocycles. The summed E-state index contributed by atoms with van der Waals surface area (Å²) in [4.78, 5) is 25.7. The Hall–Kier alpha value is -2.53. The molecule has 0 heterocycles. The minimum Gasteiger partial charge on any atom is -0.496 e. The van der Waals surface area contributed by atoms with Crippen LogP contribution in [0.15, 0.2) is 48.5 Å². The van der Waals surface area contributed by atoms with Gasteiger partial charge in [0, 0.05) is 12.6 Å². The van der Waals surface area contributed by atoms with Crippen molar-refractivity contribution in [1.82, 2.24) is 4.90 Å². The number of carbonyl (C=O) groups is 2. The van der Waals surface area contributed by atoms with Gasteiger partial charge in [-0.25, -0.2) is 0 Å². The van der Waals surface area contributed by atoms with Gasteiger partial charge in [-0.15, -0.1) is 0 Å². The summed E-state index contributed by atoms with van der Waals surface area (Å²) in [6, 6.07) is 14.3. The highest BCUT2D eigenvalue weighted by Gasteiger charge is 2.16. The van der Waals surface area contributed by atoms with Crippen molar-refractivity contribution >= 4 is 29.1 Å². The Kier molecular flexibility index (Phi) is 6.21. The fourth-order valence-corrected chi connectivity index (χ4v) is 2.39. The molecule has 0 fully saturated rings. The topological polar surface area (TPSA) is 58.6 Å². The molecular weight excluding hydrogens is 328 g/mol. The molecule has 2 aromatic rings. The lowest BCUT2D eigenvalue weighted by Gasteiger charge is -2.18. The molecule has 0 bridgehead atoms. The van der Waals surface area contributed by atoms with Gasteiger partial charge in [-0.3, -0.25) is 9.59 Å². The van der Waals surface area contributed by atoms with E-state index in [0.29, 0.717) is 16.5 Å². The van der Waals surface area contributed by atoms with E-state index in [-0.39, 0.29) is 24.8 Å². The van der Waals surface area contributed by atoms with Gasteiger partial charge in [0.2, 0.25) is 11.8 Å². The zero-order valence-corrected chi connectivity index (χ0v) is 14.3. The monoisotopic (exact) mass is 346 g/mol. The number of benzene rings is 2. The van der Waals surface area contributed by atoms with E-state index in [1.807, 2.05) is 18.2 Å². The molecule has 5 nitrogen and oxygen atoms in total. The summed E-state index contributed by atoms with van der Waals surface area (Å²) in [5, 5.41) is 3.15. The third kappa shape index (κ3) is 4.73. The largest absolute Gasteiger partial charge is 0.496 e. The number of likely N-dealkylation sites (N-methyl/N-ethyl adjacent to an activating group) is 1. The number of carbonyl (C=O) groups excluding carboxylic acids is 2. The molecule has 2 rings (SSSR count). The van der Waals surface area contributed by atoms with Crippen molar-refractivity contribution in [3.05, 3.63) is 59.1 Å². The second kappa shape index (κ2) is 8.36. The van der Waals surface area contributed by atoms with Crippen molar-refractivity contribution in [2.75, 3.05) is 26.0 Å². The second-order valence-corrected chi connectivity index (χ2v) is 5.67. The molecule has 0 saturated heterocycles. The van der Waals surface area contributed by atoms with E-state index in [1.165, 1.54) is 4.90 Å². The van der Waals surface area contributed by atoms with Crippen LogP contribution in [0.1, 0.15) is 5.56 Å². The van der Waals surface area contributed by atoms with Crippen molar-refractivity contribution in [3.8, 4) is 5.75 Å². The number of halogens is 1. The number of nitrogens with zero attached hydrogens (tertiary/aromatic N) is 1. The maximum Gasteiger partial charge on any atom is 0.244 e.